The molecule has 1 aliphatic carbocycles. The van der Waals surface area contributed by atoms with Crippen LogP contribution in [0, 0.1) is 5.92 Å². The molecule has 5 rings (SSSR count). The number of carbonyl (C=O) groups is 2. The molecule has 0 fully saturated rings. The lowest BCUT2D eigenvalue weighted by atomic mass is 9.68. The lowest BCUT2D eigenvalue weighted by Gasteiger charge is -2.39. The van der Waals surface area contributed by atoms with Crippen LogP contribution >= 0.6 is 11.6 Å². The van der Waals surface area contributed by atoms with E-state index >= 15 is 0 Å². The number of aromatic nitrogens is 1. The highest BCUT2D eigenvalue weighted by Gasteiger charge is 2.45. The molecule has 3 unspecified atom stereocenters. The summed E-state index contributed by atoms with van der Waals surface area (Å²) < 4.78 is 0. The number of hydrogen-bond donors (Lipinski definition) is 2. The molecule has 0 saturated heterocycles. The highest BCUT2D eigenvalue weighted by atomic mass is 35.5. The third-order valence-electron chi connectivity index (χ3n) is 6.52. The van der Waals surface area contributed by atoms with Crippen molar-refractivity contribution in [2.45, 2.75) is 25.2 Å². The lowest BCUT2D eigenvalue weighted by Crippen LogP contribution is -2.42. The summed E-state index contributed by atoms with van der Waals surface area (Å²) in [5.74, 6) is -0.432. The van der Waals surface area contributed by atoms with Crippen molar-refractivity contribution in [2.75, 3.05) is 5.32 Å². The topological polar surface area (TPSA) is 72.3 Å². The Morgan fingerprint density at radius 3 is 2.41 bits per heavy atom. The van der Waals surface area contributed by atoms with Gasteiger partial charge in [0.15, 0.2) is 0 Å². The molecule has 1 amide bonds. The van der Waals surface area contributed by atoms with Gasteiger partial charge in [-0.05, 0) is 36.2 Å². The monoisotopic (exact) mass is 470 g/mol. The van der Waals surface area contributed by atoms with Crippen LogP contribution in [0.4, 0.5) is 5.82 Å². The fraction of sp³-hybridized carbons (Fsp3) is 0.179. The Morgan fingerprint density at radius 2 is 1.71 bits per heavy atom. The number of amides is 1. The average Bonchev–Trinajstić information content (AvgIpc) is 2.84. The number of pyridine rings is 1. The van der Waals surface area contributed by atoms with Crippen LogP contribution in [0.5, 0.6) is 0 Å². The quantitative estimate of drug-likeness (QED) is 0.563. The van der Waals surface area contributed by atoms with Gasteiger partial charge < -0.3 is 5.32 Å². The molecule has 1 aliphatic heterocycles. The van der Waals surface area contributed by atoms with Gasteiger partial charge in [0.2, 0.25) is 0 Å². The average molecular weight is 471 g/mol. The number of carbonyl (C=O) groups excluding carboxylic acids is 2. The maximum Gasteiger partial charge on any atom is 0.337 e. The van der Waals surface area contributed by atoms with Gasteiger partial charge in [-0.2, -0.15) is 0 Å². The van der Waals surface area contributed by atoms with Crippen molar-refractivity contribution < 1.29 is 14.6 Å². The number of aromatic amines is 1. The minimum Gasteiger partial charge on any atom is -0.362 e. The molecule has 6 heteroatoms. The molecule has 3 atom stereocenters. The van der Waals surface area contributed by atoms with Gasteiger partial charge in [-0.25, -0.2) is 15.1 Å². The highest BCUT2D eigenvalue weighted by molar-refractivity contribution is 6.30. The molecule has 0 saturated carbocycles. The van der Waals surface area contributed by atoms with E-state index in [2.05, 4.69) is 21.7 Å². The first-order valence-electron chi connectivity index (χ1n) is 11.3. The molecule has 0 spiro atoms. The van der Waals surface area contributed by atoms with E-state index in [1.807, 2.05) is 61.5 Å². The van der Waals surface area contributed by atoms with Crippen molar-refractivity contribution in [1.29, 1.82) is 0 Å². The van der Waals surface area contributed by atoms with Gasteiger partial charge in [0.1, 0.15) is 5.78 Å². The van der Waals surface area contributed by atoms with Crippen molar-refractivity contribution in [3.63, 3.8) is 0 Å². The van der Waals surface area contributed by atoms with Crippen LogP contribution in [0.25, 0.3) is 0 Å². The van der Waals surface area contributed by atoms with E-state index in [0.717, 1.165) is 22.5 Å². The second-order valence-electron chi connectivity index (χ2n) is 8.71. The normalized spacial score (nSPS) is 21.9. The summed E-state index contributed by atoms with van der Waals surface area (Å²) in [5, 5.41) is 6.96. The molecule has 0 bridgehead atoms. The van der Waals surface area contributed by atoms with Crippen molar-refractivity contribution in [1.82, 2.24) is 5.32 Å². The number of H-pyrrole nitrogens is 1. The maximum absolute atomic E-state index is 13.6. The molecule has 3 N–H and O–H groups in total. The number of allylic oxidation sites excluding steroid dienone is 3. The number of benzene rings is 2. The SMILES string of the molecule is CC1=C(C(=O)Nc2cccc[nH+]2)C(c2ccc(Cl)cc2)C2C(=O)CC(c3ccccc3)C=C2N1. The molecular weight excluding hydrogens is 446 g/mol. The zero-order valence-corrected chi connectivity index (χ0v) is 19.5. The van der Waals surface area contributed by atoms with Gasteiger partial charge in [-0.15, -0.1) is 0 Å². The number of halogens is 1. The molecule has 2 aromatic carbocycles. The van der Waals surface area contributed by atoms with Gasteiger partial charge in [0, 0.05) is 40.7 Å². The van der Waals surface area contributed by atoms with Gasteiger partial charge in [0.25, 0.3) is 5.82 Å². The molecule has 0 radical (unpaired) electrons. The second-order valence-corrected chi connectivity index (χ2v) is 9.15. The summed E-state index contributed by atoms with van der Waals surface area (Å²) in [6.07, 6.45) is 4.29. The summed E-state index contributed by atoms with van der Waals surface area (Å²) in [5.41, 5.74) is 4.13. The van der Waals surface area contributed by atoms with Gasteiger partial charge in [0.05, 0.1) is 17.7 Å². The van der Waals surface area contributed by atoms with Gasteiger partial charge in [-0.1, -0.05) is 66.2 Å². The standard InChI is InChI=1S/C28H24ClN3O2/c1-17-25(28(34)32-24-9-5-6-14-30-24)26(19-10-12-21(29)13-11-19)27-22(31-17)15-20(16-23(27)33)18-7-3-2-4-8-18/h2-15,20,26-27,31H,16H2,1H3,(H,30,32,34)/p+1. The largest absolute Gasteiger partial charge is 0.362 e. The minimum absolute atomic E-state index is 0.000382. The summed E-state index contributed by atoms with van der Waals surface area (Å²) in [6.45, 7) is 1.89. The molecule has 34 heavy (non-hydrogen) atoms. The first-order chi connectivity index (χ1) is 16.5. The number of fused-ring (bicyclic) bond motifs is 1. The lowest BCUT2D eigenvalue weighted by molar-refractivity contribution is -0.360. The Bertz CT molecular complexity index is 1280. The van der Waals surface area contributed by atoms with E-state index in [1.54, 1.807) is 24.4 Å². The Balaban J connectivity index is 1.59. The number of Topliss-reactive ketones (excluding diaryl/α,β-unsaturated/α-hetero) is 1. The van der Waals surface area contributed by atoms with Crippen molar-refractivity contribution in [3.05, 3.63) is 118 Å². The maximum atomic E-state index is 13.6. The fourth-order valence-corrected chi connectivity index (χ4v) is 5.11. The summed E-state index contributed by atoms with van der Waals surface area (Å²) in [4.78, 5) is 30.2. The minimum atomic E-state index is -0.467. The number of rotatable bonds is 4. The van der Waals surface area contributed by atoms with Crippen molar-refractivity contribution >= 4 is 29.1 Å². The number of hydrogen-bond acceptors (Lipinski definition) is 3. The molecule has 170 valence electrons. The molecule has 5 nitrogen and oxygen atoms in total. The Labute approximate surface area is 203 Å². The van der Waals surface area contributed by atoms with Crippen LogP contribution in [-0.4, -0.2) is 11.7 Å². The number of nitrogens with one attached hydrogen (secondary N) is 3. The Kier molecular flexibility index (Phi) is 6.03. The molecular formula is C28H25ClN3O2+. The van der Waals surface area contributed by atoms with E-state index in [9.17, 15) is 9.59 Å². The van der Waals surface area contributed by atoms with Crippen molar-refractivity contribution in [2.24, 2.45) is 5.92 Å². The first-order valence-corrected chi connectivity index (χ1v) is 11.7. The molecule has 2 aliphatic rings. The van der Waals surface area contributed by atoms with E-state index in [-0.39, 0.29) is 17.6 Å². The zero-order valence-electron chi connectivity index (χ0n) is 18.7. The third-order valence-corrected chi connectivity index (χ3v) is 6.77. The van der Waals surface area contributed by atoms with E-state index in [4.69, 9.17) is 11.6 Å². The van der Waals surface area contributed by atoms with Gasteiger partial charge in [-0.3, -0.25) is 4.79 Å². The summed E-state index contributed by atoms with van der Waals surface area (Å²) >= 11 is 6.15. The van der Waals surface area contributed by atoms with Crippen LogP contribution in [-0.2, 0) is 9.59 Å². The van der Waals surface area contributed by atoms with Crippen LogP contribution in [0.1, 0.15) is 36.3 Å². The summed E-state index contributed by atoms with van der Waals surface area (Å²) in [7, 11) is 0. The van der Waals surface area contributed by atoms with Crippen LogP contribution in [0.2, 0.25) is 5.02 Å². The molecule has 1 aromatic heterocycles. The Hall–Kier alpha value is -3.70. The van der Waals surface area contributed by atoms with Crippen LogP contribution in [0.3, 0.4) is 0 Å². The van der Waals surface area contributed by atoms with Crippen LogP contribution < -0.4 is 15.6 Å². The van der Waals surface area contributed by atoms with E-state index < -0.39 is 11.8 Å². The number of ketones is 1. The third kappa shape index (κ3) is 4.27. The number of anilines is 1. The summed E-state index contributed by atoms with van der Waals surface area (Å²) in [6, 6.07) is 23.0. The van der Waals surface area contributed by atoms with Crippen LogP contribution in [0.15, 0.2) is 102 Å². The Morgan fingerprint density at radius 1 is 0.971 bits per heavy atom. The first kappa shape index (κ1) is 22.1. The predicted molar refractivity (Wildman–Crippen MR) is 132 cm³/mol. The predicted octanol–water partition coefficient (Wildman–Crippen LogP) is 5.01. The molecule has 3 aromatic rings. The fourth-order valence-electron chi connectivity index (χ4n) is 4.98. The highest BCUT2D eigenvalue weighted by Crippen LogP contribution is 2.46. The second kappa shape index (κ2) is 9.27. The van der Waals surface area contributed by atoms with E-state index in [1.165, 1.54) is 0 Å². The van der Waals surface area contributed by atoms with Crippen molar-refractivity contribution in [3.8, 4) is 0 Å². The van der Waals surface area contributed by atoms with Gasteiger partial charge >= 0.3 is 5.91 Å². The van der Waals surface area contributed by atoms with E-state index in [0.29, 0.717) is 22.8 Å². The zero-order chi connectivity index (χ0) is 23.7. The smallest absolute Gasteiger partial charge is 0.337 e. The molecule has 2 heterocycles.